The van der Waals surface area contributed by atoms with Gasteiger partial charge >= 0.3 is 0 Å². The maximum Gasteiger partial charge on any atom is 0.238 e. The molecule has 1 aromatic carbocycles. The second-order valence-corrected chi connectivity index (χ2v) is 6.74. The quantitative estimate of drug-likeness (QED) is 0.409. The van der Waals surface area contributed by atoms with Crippen LogP contribution in [0.5, 0.6) is 0 Å². The molecule has 6 nitrogen and oxygen atoms in total. The molecule has 1 aromatic rings. The molecule has 0 aliphatic carbocycles. The van der Waals surface area contributed by atoms with Gasteiger partial charge in [-0.1, -0.05) is 0 Å². The fourth-order valence-corrected chi connectivity index (χ4v) is 2.80. The van der Waals surface area contributed by atoms with Gasteiger partial charge in [-0.3, -0.25) is 0 Å². The van der Waals surface area contributed by atoms with Crippen LogP contribution in [0.15, 0.2) is 23.1 Å². The van der Waals surface area contributed by atoms with Gasteiger partial charge in [0.2, 0.25) is 10.0 Å². The molecule has 0 aliphatic heterocycles. The van der Waals surface area contributed by atoms with E-state index in [1.807, 2.05) is 0 Å². The van der Waals surface area contributed by atoms with Crippen molar-refractivity contribution in [1.29, 1.82) is 0 Å². The molecular formula is C11H19N3O3S2. The Morgan fingerprint density at radius 1 is 1.26 bits per heavy atom. The second kappa shape index (κ2) is 7.59. The van der Waals surface area contributed by atoms with E-state index < -0.39 is 10.0 Å². The molecule has 0 saturated heterocycles. The summed E-state index contributed by atoms with van der Waals surface area (Å²) in [4.78, 5) is 0.00272. The predicted octanol–water partition coefficient (Wildman–Crippen LogP) is 0.444. The first-order chi connectivity index (χ1) is 8.93. The number of aliphatic hydroxyl groups is 1. The van der Waals surface area contributed by atoms with Crippen LogP contribution < -0.4 is 16.2 Å². The Morgan fingerprint density at radius 2 is 2.00 bits per heavy atom. The fourth-order valence-electron chi connectivity index (χ4n) is 1.42. The summed E-state index contributed by atoms with van der Waals surface area (Å²) in [6.07, 6.45) is 0.776. The average Bonchev–Trinajstić information content (AvgIpc) is 2.32. The first-order valence-electron chi connectivity index (χ1n) is 5.79. The summed E-state index contributed by atoms with van der Waals surface area (Å²) in [6.45, 7) is 0.886. The van der Waals surface area contributed by atoms with E-state index in [1.54, 1.807) is 17.8 Å². The van der Waals surface area contributed by atoms with Crippen molar-refractivity contribution in [3.63, 3.8) is 0 Å². The summed E-state index contributed by atoms with van der Waals surface area (Å²) in [7, 11) is -3.74. The molecule has 1 rings (SSSR count). The molecule has 0 aliphatic rings. The Hall–Kier alpha value is -0.960. The number of thioether (sulfide) groups is 1. The number of nitrogens with one attached hydrogen (secondary N) is 1. The molecule has 0 saturated carbocycles. The van der Waals surface area contributed by atoms with Gasteiger partial charge in [-0.25, -0.2) is 13.6 Å². The lowest BCUT2D eigenvalue weighted by molar-refractivity contribution is 0.296. The number of anilines is 2. The standard InChI is InChI=1S/C11H19N3O3S2/c12-9-6-10(8-11(7-9)19(13,16)17)14-2-5-18-4-1-3-15/h6-8,14-15H,1-5,12H2,(H2,13,16,17). The summed E-state index contributed by atoms with van der Waals surface area (Å²) in [5, 5.41) is 16.8. The van der Waals surface area contributed by atoms with E-state index in [0.717, 1.165) is 17.9 Å². The fraction of sp³-hybridized carbons (Fsp3) is 0.455. The SMILES string of the molecule is Nc1cc(NCCSCCCO)cc(S(N)(=O)=O)c1. The molecule has 0 spiro atoms. The summed E-state index contributed by atoms with van der Waals surface area (Å²) >= 11 is 1.71. The van der Waals surface area contributed by atoms with Crippen molar-refractivity contribution in [3.8, 4) is 0 Å². The van der Waals surface area contributed by atoms with Crippen LogP contribution in [-0.2, 0) is 10.0 Å². The van der Waals surface area contributed by atoms with E-state index in [0.29, 0.717) is 17.9 Å². The van der Waals surface area contributed by atoms with Gasteiger partial charge in [0, 0.05) is 30.3 Å². The smallest absolute Gasteiger partial charge is 0.238 e. The number of nitrogens with two attached hydrogens (primary N) is 2. The minimum Gasteiger partial charge on any atom is -0.399 e. The second-order valence-electron chi connectivity index (χ2n) is 3.95. The molecule has 6 N–H and O–H groups in total. The van der Waals surface area contributed by atoms with Crippen molar-refractivity contribution in [2.45, 2.75) is 11.3 Å². The highest BCUT2D eigenvalue weighted by atomic mass is 32.2. The lowest BCUT2D eigenvalue weighted by Gasteiger charge is -2.09. The number of nitrogen functional groups attached to an aromatic ring is 1. The number of hydrogen-bond donors (Lipinski definition) is 4. The molecule has 19 heavy (non-hydrogen) atoms. The molecular weight excluding hydrogens is 286 g/mol. The van der Waals surface area contributed by atoms with Gasteiger partial charge < -0.3 is 16.2 Å². The van der Waals surface area contributed by atoms with Crippen molar-refractivity contribution in [2.24, 2.45) is 5.14 Å². The monoisotopic (exact) mass is 305 g/mol. The normalized spacial score (nSPS) is 11.5. The van der Waals surface area contributed by atoms with Crippen LogP contribution in [0.2, 0.25) is 0 Å². The van der Waals surface area contributed by atoms with Gasteiger partial charge in [-0.05, 0) is 30.4 Å². The summed E-state index contributed by atoms with van der Waals surface area (Å²) < 4.78 is 22.5. The average molecular weight is 305 g/mol. The van der Waals surface area contributed by atoms with Crippen LogP contribution in [0.1, 0.15) is 6.42 Å². The van der Waals surface area contributed by atoms with E-state index >= 15 is 0 Å². The zero-order chi connectivity index (χ0) is 14.3. The number of rotatable bonds is 8. The molecule has 0 radical (unpaired) electrons. The highest BCUT2D eigenvalue weighted by Crippen LogP contribution is 2.19. The molecule has 0 atom stereocenters. The number of benzene rings is 1. The Bertz CT molecular complexity index is 506. The number of primary sulfonamides is 1. The van der Waals surface area contributed by atoms with E-state index in [4.69, 9.17) is 16.0 Å². The summed E-state index contributed by atoms with van der Waals surface area (Å²) in [6, 6.07) is 4.45. The maximum absolute atomic E-state index is 11.3. The minimum atomic E-state index is -3.74. The number of sulfonamides is 1. The molecule has 0 amide bonds. The van der Waals surface area contributed by atoms with Crippen molar-refractivity contribution in [1.82, 2.24) is 0 Å². The first kappa shape index (κ1) is 16.1. The van der Waals surface area contributed by atoms with Crippen molar-refractivity contribution in [3.05, 3.63) is 18.2 Å². The Kier molecular flexibility index (Phi) is 6.43. The number of hydrogen-bond acceptors (Lipinski definition) is 6. The number of aliphatic hydroxyl groups excluding tert-OH is 1. The molecule has 0 fully saturated rings. The zero-order valence-electron chi connectivity index (χ0n) is 10.5. The van der Waals surface area contributed by atoms with Crippen molar-refractivity contribution >= 4 is 33.2 Å². The topological polar surface area (TPSA) is 118 Å². The van der Waals surface area contributed by atoms with Gasteiger partial charge in [0.15, 0.2) is 0 Å². The van der Waals surface area contributed by atoms with E-state index in [9.17, 15) is 8.42 Å². The molecule has 108 valence electrons. The van der Waals surface area contributed by atoms with Crippen LogP contribution in [0.3, 0.4) is 0 Å². The molecule has 0 bridgehead atoms. The predicted molar refractivity (Wildman–Crippen MR) is 79.7 cm³/mol. The van der Waals surface area contributed by atoms with Crippen molar-refractivity contribution < 1.29 is 13.5 Å². The van der Waals surface area contributed by atoms with Crippen molar-refractivity contribution in [2.75, 3.05) is 35.7 Å². The van der Waals surface area contributed by atoms with Gasteiger partial charge in [0.1, 0.15) is 0 Å². The van der Waals surface area contributed by atoms with Crippen LogP contribution >= 0.6 is 11.8 Å². The first-order valence-corrected chi connectivity index (χ1v) is 8.49. The third-order valence-corrected chi connectivity index (χ3v) is 4.24. The molecule has 0 unspecified atom stereocenters. The van der Waals surface area contributed by atoms with Gasteiger partial charge in [0.25, 0.3) is 0 Å². The molecule has 8 heteroatoms. The minimum absolute atomic E-state index is 0.00272. The summed E-state index contributed by atoms with van der Waals surface area (Å²) in [5.41, 5.74) is 6.61. The largest absolute Gasteiger partial charge is 0.399 e. The lowest BCUT2D eigenvalue weighted by atomic mass is 10.3. The Balaban J connectivity index is 2.52. The van der Waals surface area contributed by atoms with Gasteiger partial charge in [-0.2, -0.15) is 11.8 Å². The zero-order valence-corrected chi connectivity index (χ0v) is 12.1. The van der Waals surface area contributed by atoms with Crippen LogP contribution in [-0.4, -0.2) is 38.2 Å². The third kappa shape index (κ3) is 6.15. The van der Waals surface area contributed by atoms with Crippen LogP contribution in [0, 0.1) is 0 Å². The van der Waals surface area contributed by atoms with Gasteiger partial charge in [-0.15, -0.1) is 0 Å². The lowest BCUT2D eigenvalue weighted by Crippen LogP contribution is -2.13. The van der Waals surface area contributed by atoms with E-state index in [-0.39, 0.29) is 11.5 Å². The van der Waals surface area contributed by atoms with Crippen LogP contribution in [0.4, 0.5) is 11.4 Å². The highest BCUT2D eigenvalue weighted by Gasteiger charge is 2.09. The molecule has 0 heterocycles. The van der Waals surface area contributed by atoms with Gasteiger partial charge in [0.05, 0.1) is 4.90 Å². The van der Waals surface area contributed by atoms with E-state index in [2.05, 4.69) is 5.32 Å². The molecule has 0 aromatic heterocycles. The Labute approximate surface area is 117 Å². The van der Waals surface area contributed by atoms with E-state index in [1.165, 1.54) is 12.1 Å². The highest BCUT2D eigenvalue weighted by molar-refractivity contribution is 7.99. The summed E-state index contributed by atoms with van der Waals surface area (Å²) in [5.74, 6) is 1.76. The van der Waals surface area contributed by atoms with Crippen LogP contribution in [0.25, 0.3) is 0 Å². The maximum atomic E-state index is 11.3. The Morgan fingerprint density at radius 3 is 2.63 bits per heavy atom. The third-order valence-electron chi connectivity index (χ3n) is 2.28.